The SMILES string of the molecule is CCCC1CC(NCc2ccccc2)CN(C(C)C)C1. The number of hydrogen-bond acceptors (Lipinski definition) is 2. The van der Waals surface area contributed by atoms with Gasteiger partial charge in [0.2, 0.25) is 0 Å². The van der Waals surface area contributed by atoms with Gasteiger partial charge in [0.05, 0.1) is 0 Å². The first-order chi connectivity index (χ1) is 9.69. The average Bonchev–Trinajstić information content (AvgIpc) is 2.46. The largest absolute Gasteiger partial charge is 0.309 e. The van der Waals surface area contributed by atoms with Gasteiger partial charge in [0.15, 0.2) is 0 Å². The molecule has 1 aliphatic rings. The Labute approximate surface area is 124 Å². The quantitative estimate of drug-likeness (QED) is 0.851. The van der Waals surface area contributed by atoms with Gasteiger partial charge in [0.1, 0.15) is 0 Å². The van der Waals surface area contributed by atoms with E-state index < -0.39 is 0 Å². The average molecular weight is 274 g/mol. The zero-order valence-corrected chi connectivity index (χ0v) is 13.3. The molecule has 1 heterocycles. The molecule has 1 aliphatic heterocycles. The van der Waals surface area contributed by atoms with E-state index in [1.807, 2.05) is 0 Å². The third-order valence-corrected chi connectivity index (χ3v) is 4.43. The number of piperidine rings is 1. The van der Waals surface area contributed by atoms with Gasteiger partial charge in [-0.3, -0.25) is 4.90 Å². The van der Waals surface area contributed by atoms with Crippen molar-refractivity contribution in [2.75, 3.05) is 13.1 Å². The molecule has 0 radical (unpaired) electrons. The van der Waals surface area contributed by atoms with Crippen LogP contribution in [-0.4, -0.2) is 30.1 Å². The number of likely N-dealkylation sites (tertiary alicyclic amines) is 1. The number of nitrogens with zero attached hydrogens (tertiary/aromatic N) is 1. The lowest BCUT2D eigenvalue weighted by Crippen LogP contribution is -2.51. The third-order valence-electron chi connectivity index (χ3n) is 4.43. The highest BCUT2D eigenvalue weighted by molar-refractivity contribution is 5.14. The monoisotopic (exact) mass is 274 g/mol. The molecule has 1 aromatic carbocycles. The normalized spacial score (nSPS) is 24.2. The van der Waals surface area contributed by atoms with Crippen LogP contribution in [0.5, 0.6) is 0 Å². The number of nitrogens with one attached hydrogen (secondary N) is 1. The van der Waals surface area contributed by atoms with Crippen LogP contribution in [0.1, 0.15) is 45.6 Å². The minimum atomic E-state index is 0.642. The molecule has 2 unspecified atom stereocenters. The Balaban J connectivity index is 1.88. The van der Waals surface area contributed by atoms with E-state index in [1.54, 1.807) is 0 Å². The van der Waals surface area contributed by atoms with E-state index in [-0.39, 0.29) is 0 Å². The van der Waals surface area contributed by atoms with E-state index in [1.165, 1.54) is 37.9 Å². The van der Waals surface area contributed by atoms with Crippen molar-refractivity contribution in [3.8, 4) is 0 Å². The second-order valence-corrected chi connectivity index (χ2v) is 6.50. The van der Waals surface area contributed by atoms with Gasteiger partial charge in [-0.1, -0.05) is 43.7 Å². The fraction of sp³-hybridized carbons (Fsp3) is 0.667. The van der Waals surface area contributed by atoms with Crippen molar-refractivity contribution >= 4 is 0 Å². The van der Waals surface area contributed by atoms with E-state index in [4.69, 9.17) is 0 Å². The predicted molar refractivity (Wildman–Crippen MR) is 86.8 cm³/mol. The molecule has 0 bridgehead atoms. The summed E-state index contributed by atoms with van der Waals surface area (Å²) >= 11 is 0. The van der Waals surface area contributed by atoms with Gasteiger partial charge >= 0.3 is 0 Å². The minimum absolute atomic E-state index is 0.642. The van der Waals surface area contributed by atoms with E-state index in [9.17, 15) is 0 Å². The summed E-state index contributed by atoms with van der Waals surface area (Å²) in [5.74, 6) is 0.865. The van der Waals surface area contributed by atoms with Gasteiger partial charge in [-0.25, -0.2) is 0 Å². The summed E-state index contributed by atoms with van der Waals surface area (Å²) in [6.45, 7) is 10.4. The molecular formula is C18H30N2. The smallest absolute Gasteiger partial charge is 0.0208 e. The fourth-order valence-electron chi connectivity index (χ4n) is 3.29. The summed E-state index contributed by atoms with van der Waals surface area (Å²) in [5, 5.41) is 3.77. The molecule has 2 rings (SSSR count). The molecule has 112 valence electrons. The van der Waals surface area contributed by atoms with Crippen LogP contribution < -0.4 is 5.32 Å². The van der Waals surface area contributed by atoms with Crippen LogP contribution in [0.3, 0.4) is 0 Å². The maximum absolute atomic E-state index is 3.77. The zero-order chi connectivity index (χ0) is 14.4. The fourth-order valence-corrected chi connectivity index (χ4v) is 3.29. The highest BCUT2D eigenvalue weighted by Crippen LogP contribution is 2.23. The van der Waals surface area contributed by atoms with Crippen molar-refractivity contribution < 1.29 is 0 Å². The number of benzene rings is 1. The Bertz CT molecular complexity index is 374. The van der Waals surface area contributed by atoms with Gasteiger partial charge in [0.25, 0.3) is 0 Å². The summed E-state index contributed by atoms with van der Waals surface area (Å²) < 4.78 is 0. The summed E-state index contributed by atoms with van der Waals surface area (Å²) in [6.07, 6.45) is 4.01. The molecule has 0 amide bonds. The molecule has 2 heteroatoms. The van der Waals surface area contributed by atoms with Crippen LogP contribution in [0.25, 0.3) is 0 Å². The molecular weight excluding hydrogens is 244 g/mol. The lowest BCUT2D eigenvalue weighted by molar-refractivity contribution is 0.106. The Morgan fingerprint density at radius 3 is 2.60 bits per heavy atom. The molecule has 2 atom stereocenters. The lowest BCUT2D eigenvalue weighted by Gasteiger charge is -2.40. The molecule has 1 N–H and O–H groups in total. The van der Waals surface area contributed by atoms with E-state index in [0.29, 0.717) is 12.1 Å². The third kappa shape index (κ3) is 4.60. The van der Waals surface area contributed by atoms with Crippen LogP contribution >= 0.6 is 0 Å². The zero-order valence-electron chi connectivity index (χ0n) is 13.3. The molecule has 1 fully saturated rings. The van der Waals surface area contributed by atoms with Crippen molar-refractivity contribution in [3.05, 3.63) is 35.9 Å². The Morgan fingerprint density at radius 2 is 1.95 bits per heavy atom. The second-order valence-electron chi connectivity index (χ2n) is 6.50. The Hall–Kier alpha value is -0.860. The molecule has 0 aromatic heterocycles. The molecule has 0 saturated carbocycles. The van der Waals surface area contributed by atoms with Crippen molar-refractivity contribution in [2.24, 2.45) is 5.92 Å². The van der Waals surface area contributed by atoms with E-state index in [2.05, 4.69) is 61.3 Å². The van der Waals surface area contributed by atoms with Crippen LogP contribution in [0.4, 0.5) is 0 Å². The van der Waals surface area contributed by atoms with Crippen molar-refractivity contribution in [3.63, 3.8) is 0 Å². The van der Waals surface area contributed by atoms with E-state index in [0.717, 1.165) is 12.5 Å². The second kappa shape index (κ2) is 7.80. The molecule has 1 aromatic rings. The molecule has 2 nitrogen and oxygen atoms in total. The highest BCUT2D eigenvalue weighted by atomic mass is 15.2. The maximum atomic E-state index is 3.77. The summed E-state index contributed by atoms with van der Waals surface area (Å²) in [5.41, 5.74) is 1.39. The first kappa shape index (κ1) is 15.5. The predicted octanol–water partition coefficient (Wildman–Crippen LogP) is 3.68. The molecule has 1 saturated heterocycles. The number of hydrogen-bond donors (Lipinski definition) is 1. The van der Waals surface area contributed by atoms with Crippen molar-refractivity contribution in [2.45, 2.75) is 58.7 Å². The Kier molecular flexibility index (Phi) is 6.06. The van der Waals surface area contributed by atoms with E-state index >= 15 is 0 Å². The van der Waals surface area contributed by atoms with Gasteiger partial charge < -0.3 is 5.32 Å². The van der Waals surface area contributed by atoms with Gasteiger partial charge in [-0.2, -0.15) is 0 Å². The molecule has 0 aliphatic carbocycles. The van der Waals surface area contributed by atoms with Crippen LogP contribution in [0.15, 0.2) is 30.3 Å². The first-order valence-corrected chi connectivity index (χ1v) is 8.20. The maximum Gasteiger partial charge on any atom is 0.0208 e. The standard InChI is InChI=1S/C18H30N2/c1-4-8-17-11-18(14-20(13-17)15(2)3)19-12-16-9-6-5-7-10-16/h5-7,9-10,15,17-19H,4,8,11-14H2,1-3H3. The topological polar surface area (TPSA) is 15.3 Å². The lowest BCUT2D eigenvalue weighted by atomic mass is 9.89. The van der Waals surface area contributed by atoms with Gasteiger partial charge in [-0.05, 0) is 38.2 Å². The van der Waals surface area contributed by atoms with Crippen molar-refractivity contribution in [1.82, 2.24) is 10.2 Å². The summed E-state index contributed by atoms with van der Waals surface area (Å²) in [6, 6.07) is 12.1. The minimum Gasteiger partial charge on any atom is -0.309 e. The van der Waals surface area contributed by atoms with Crippen LogP contribution in [-0.2, 0) is 6.54 Å². The summed E-state index contributed by atoms with van der Waals surface area (Å²) in [7, 11) is 0. The summed E-state index contributed by atoms with van der Waals surface area (Å²) in [4.78, 5) is 2.65. The first-order valence-electron chi connectivity index (χ1n) is 8.20. The van der Waals surface area contributed by atoms with Gasteiger partial charge in [-0.15, -0.1) is 0 Å². The van der Waals surface area contributed by atoms with Crippen LogP contribution in [0.2, 0.25) is 0 Å². The highest BCUT2D eigenvalue weighted by Gasteiger charge is 2.27. The Morgan fingerprint density at radius 1 is 1.20 bits per heavy atom. The molecule has 20 heavy (non-hydrogen) atoms. The number of rotatable bonds is 6. The van der Waals surface area contributed by atoms with Crippen LogP contribution in [0, 0.1) is 5.92 Å². The van der Waals surface area contributed by atoms with Gasteiger partial charge in [0, 0.05) is 31.7 Å². The molecule has 0 spiro atoms. The van der Waals surface area contributed by atoms with Crippen molar-refractivity contribution in [1.29, 1.82) is 0 Å².